The molecule has 3 amide bonds. The van der Waals surface area contributed by atoms with Gasteiger partial charge < -0.3 is 30.9 Å². The topological polar surface area (TPSA) is 138 Å². The molecule has 14 heteroatoms. The summed E-state index contributed by atoms with van der Waals surface area (Å²) in [5.41, 5.74) is -1.19. The smallest absolute Gasteiger partial charge is 0.416 e. The Kier molecular flexibility index (Phi) is 10.7. The minimum absolute atomic E-state index is 0.0450. The van der Waals surface area contributed by atoms with Crippen molar-refractivity contribution in [2.75, 3.05) is 11.9 Å². The number of ether oxygens (including phenoxy) is 1. The minimum Gasteiger partial charge on any atom is -0.444 e. The molecule has 1 saturated heterocycles. The standard InChI is InChI=1S/C35H50F3N7O4/c1-33(2,3)44-23-12-14-28(27(18-23)43-30(46)20-7-10-22(11-8-20)41-32(48)49-34(4,5)6)45-16-15-26(31(45)47)42-29-24-17-21(35(36,37)38)9-13-25(24)39-19-40-29/h9,13,17,19-20,22-23,26-28,44H,7-8,10-12,14-16,18H2,1-6H3,(H,41,48)(H,43,46)(H,39,40,42)/t20-,22-,23-,26+,27-,28+/m1/s1. The molecule has 2 saturated carbocycles. The lowest BCUT2D eigenvalue weighted by Gasteiger charge is -2.43. The van der Waals surface area contributed by atoms with Crippen LogP contribution in [0, 0.1) is 5.92 Å². The highest BCUT2D eigenvalue weighted by molar-refractivity contribution is 5.93. The summed E-state index contributed by atoms with van der Waals surface area (Å²) >= 11 is 0. The molecule has 0 radical (unpaired) electrons. The fourth-order valence-electron chi connectivity index (χ4n) is 7.38. The molecule has 0 unspecified atom stereocenters. The molecule has 1 aliphatic heterocycles. The number of carbonyl (C=O) groups excluding carboxylic acids is 3. The summed E-state index contributed by atoms with van der Waals surface area (Å²) < 4.78 is 45.8. The molecule has 4 atom stereocenters. The van der Waals surface area contributed by atoms with E-state index in [0.29, 0.717) is 57.0 Å². The molecule has 3 aliphatic rings. The Labute approximate surface area is 285 Å². The van der Waals surface area contributed by atoms with E-state index in [4.69, 9.17) is 4.74 Å². The van der Waals surface area contributed by atoms with Gasteiger partial charge in [0.15, 0.2) is 0 Å². The fourth-order valence-corrected chi connectivity index (χ4v) is 7.38. The summed E-state index contributed by atoms with van der Waals surface area (Å²) in [6.07, 6.45) is 1.49. The molecule has 5 rings (SSSR count). The SMILES string of the molecule is CC(C)(C)N[C@@H]1CC[C@H](N2CC[C@H](Nc3ncnc4ccc(C(F)(F)F)cc34)C2=O)[C@H](NC(=O)[C@H]2CC[C@H](NC(=O)OC(C)(C)C)CC2)C1. The van der Waals surface area contributed by atoms with Crippen molar-refractivity contribution in [1.82, 2.24) is 30.8 Å². The summed E-state index contributed by atoms with van der Waals surface area (Å²) in [6, 6.07) is 2.19. The van der Waals surface area contributed by atoms with Gasteiger partial charge in [-0.25, -0.2) is 14.8 Å². The number of hydrogen-bond acceptors (Lipinski definition) is 8. The number of likely N-dealkylation sites (tertiary alicyclic amines) is 1. The van der Waals surface area contributed by atoms with Gasteiger partial charge in [0.1, 0.15) is 23.8 Å². The number of hydrogen-bond donors (Lipinski definition) is 4. The predicted molar refractivity (Wildman–Crippen MR) is 180 cm³/mol. The van der Waals surface area contributed by atoms with Crippen LogP contribution in [0.5, 0.6) is 0 Å². The number of carbonyl (C=O) groups is 3. The van der Waals surface area contributed by atoms with Crippen LogP contribution >= 0.6 is 0 Å². The number of anilines is 1. The van der Waals surface area contributed by atoms with E-state index in [1.54, 1.807) is 0 Å². The summed E-state index contributed by atoms with van der Waals surface area (Å²) in [4.78, 5) is 50.0. The van der Waals surface area contributed by atoms with Crippen molar-refractivity contribution in [2.24, 2.45) is 5.92 Å². The predicted octanol–water partition coefficient (Wildman–Crippen LogP) is 5.54. The van der Waals surface area contributed by atoms with Crippen LogP contribution in [0.2, 0.25) is 0 Å². The van der Waals surface area contributed by atoms with E-state index < -0.39 is 29.5 Å². The number of halogens is 3. The van der Waals surface area contributed by atoms with E-state index in [1.807, 2.05) is 25.7 Å². The molecule has 270 valence electrons. The number of nitrogens with one attached hydrogen (secondary N) is 4. The maximum atomic E-state index is 13.9. The van der Waals surface area contributed by atoms with Crippen molar-refractivity contribution >= 4 is 34.6 Å². The van der Waals surface area contributed by atoms with E-state index in [2.05, 4.69) is 52.0 Å². The van der Waals surface area contributed by atoms with Gasteiger partial charge in [-0.15, -0.1) is 0 Å². The van der Waals surface area contributed by atoms with Gasteiger partial charge in [0.25, 0.3) is 0 Å². The van der Waals surface area contributed by atoms with Gasteiger partial charge in [0, 0.05) is 35.5 Å². The van der Waals surface area contributed by atoms with Gasteiger partial charge >= 0.3 is 12.3 Å². The third kappa shape index (κ3) is 9.52. The second kappa shape index (κ2) is 14.3. The third-order valence-corrected chi connectivity index (χ3v) is 9.51. The number of aromatic nitrogens is 2. The summed E-state index contributed by atoms with van der Waals surface area (Å²) in [6.45, 7) is 12.2. The van der Waals surface area contributed by atoms with Crippen molar-refractivity contribution in [3.63, 3.8) is 0 Å². The quantitative estimate of drug-likeness (QED) is 0.298. The average Bonchev–Trinajstić information content (AvgIpc) is 3.34. The van der Waals surface area contributed by atoms with Crippen LogP contribution in [-0.4, -0.2) is 80.7 Å². The molecule has 1 aromatic carbocycles. The van der Waals surface area contributed by atoms with E-state index in [1.165, 1.54) is 12.4 Å². The molecule has 0 spiro atoms. The molecule has 49 heavy (non-hydrogen) atoms. The van der Waals surface area contributed by atoms with E-state index >= 15 is 0 Å². The fraction of sp³-hybridized carbons (Fsp3) is 0.686. The van der Waals surface area contributed by atoms with E-state index in [0.717, 1.165) is 18.6 Å². The highest BCUT2D eigenvalue weighted by Gasteiger charge is 2.44. The molecule has 0 bridgehead atoms. The van der Waals surface area contributed by atoms with Gasteiger partial charge in [-0.2, -0.15) is 13.2 Å². The lowest BCUT2D eigenvalue weighted by atomic mass is 9.82. The first kappa shape index (κ1) is 36.6. The first-order valence-electron chi connectivity index (χ1n) is 17.3. The Morgan fingerprint density at radius 3 is 2.24 bits per heavy atom. The second-order valence-corrected chi connectivity index (χ2v) is 15.8. The third-order valence-electron chi connectivity index (χ3n) is 9.51. The Hall–Kier alpha value is -3.68. The molecule has 1 aromatic heterocycles. The Bertz CT molecular complexity index is 1520. The molecule has 2 heterocycles. The molecule has 4 N–H and O–H groups in total. The summed E-state index contributed by atoms with van der Waals surface area (Å²) in [7, 11) is 0. The zero-order valence-corrected chi connectivity index (χ0v) is 29.2. The molecule has 2 aromatic rings. The van der Waals surface area contributed by atoms with Gasteiger partial charge in [0.05, 0.1) is 23.2 Å². The Morgan fingerprint density at radius 2 is 1.59 bits per heavy atom. The van der Waals surface area contributed by atoms with E-state index in [9.17, 15) is 27.6 Å². The summed E-state index contributed by atoms with van der Waals surface area (Å²) in [5.74, 6) is -0.240. The highest BCUT2D eigenvalue weighted by atomic mass is 19.4. The van der Waals surface area contributed by atoms with Gasteiger partial charge in [-0.3, -0.25) is 9.59 Å². The largest absolute Gasteiger partial charge is 0.444 e. The normalized spacial score (nSPS) is 26.8. The zero-order valence-electron chi connectivity index (χ0n) is 29.2. The average molecular weight is 690 g/mol. The van der Waals surface area contributed by atoms with Gasteiger partial charge in [-0.1, -0.05) is 0 Å². The molecule has 3 fully saturated rings. The number of rotatable bonds is 7. The van der Waals surface area contributed by atoms with Crippen molar-refractivity contribution < 1.29 is 32.3 Å². The minimum atomic E-state index is -4.53. The Balaban J connectivity index is 1.25. The maximum absolute atomic E-state index is 13.9. The monoisotopic (exact) mass is 689 g/mol. The lowest BCUT2D eigenvalue weighted by molar-refractivity contribution is -0.137. The molecular weight excluding hydrogens is 639 g/mol. The van der Waals surface area contributed by atoms with Crippen molar-refractivity contribution in [3.8, 4) is 0 Å². The molecule has 2 aliphatic carbocycles. The van der Waals surface area contributed by atoms with Crippen molar-refractivity contribution in [1.29, 1.82) is 0 Å². The van der Waals surface area contributed by atoms with Crippen molar-refractivity contribution in [2.45, 2.75) is 140 Å². The molecule has 11 nitrogen and oxygen atoms in total. The number of benzene rings is 1. The number of alkyl carbamates (subject to hydrolysis) is 1. The second-order valence-electron chi connectivity index (χ2n) is 15.8. The number of fused-ring (bicyclic) bond motifs is 1. The first-order chi connectivity index (χ1) is 22.9. The lowest BCUT2D eigenvalue weighted by Crippen LogP contribution is -2.60. The van der Waals surface area contributed by atoms with Crippen LogP contribution in [0.3, 0.4) is 0 Å². The Morgan fingerprint density at radius 1 is 0.898 bits per heavy atom. The van der Waals surface area contributed by atoms with Crippen LogP contribution in [0.25, 0.3) is 10.9 Å². The van der Waals surface area contributed by atoms with Crippen LogP contribution in [0.1, 0.15) is 98.5 Å². The van der Waals surface area contributed by atoms with Crippen LogP contribution in [0.15, 0.2) is 24.5 Å². The van der Waals surface area contributed by atoms with Crippen LogP contribution < -0.4 is 21.3 Å². The number of alkyl halides is 3. The van der Waals surface area contributed by atoms with E-state index in [-0.39, 0.29) is 58.6 Å². The van der Waals surface area contributed by atoms with Crippen molar-refractivity contribution in [3.05, 3.63) is 30.1 Å². The van der Waals surface area contributed by atoms with Crippen LogP contribution in [0.4, 0.5) is 23.8 Å². The zero-order chi connectivity index (χ0) is 35.7. The first-order valence-corrected chi connectivity index (χ1v) is 17.3. The molecular formula is C35H50F3N7O4. The summed E-state index contributed by atoms with van der Waals surface area (Å²) in [5, 5.41) is 13.2. The van der Waals surface area contributed by atoms with Gasteiger partial charge in [-0.05, 0) is 111 Å². The maximum Gasteiger partial charge on any atom is 0.416 e. The number of nitrogens with zero attached hydrogens (tertiary/aromatic N) is 3. The highest BCUT2D eigenvalue weighted by Crippen LogP contribution is 2.34. The van der Waals surface area contributed by atoms with Crippen LogP contribution in [-0.2, 0) is 20.5 Å². The van der Waals surface area contributed by atoms with Gasteiger partial charge in [0.2, 0.25) is 11.8 Å². The number of amides is 3.